The number of carboxylic acid groups (broad SMARTS) is 1. The molecule has 1 aliphatic carbocycles. The van der Waals surface area contributed by atoms with Crippen molar-refractivity contribution in [1.82, 2.24) is 0 Å². The van der Waals surface area contributed by atoms with Crippen LogP contribution in [0.1, 0.15) is 113 Å². The van der Waals surface area contributed by atoms with Gasteiger partial charge < -0.3 is 9.53 Å². The van der Waals surface area contributed by atoms with Gasteiger partial charge in [-0.3, -0.25) is 9.59 Å². The van der Waals surface area contributed by atoms with Gasteiger partial charge in [0.05, 0.1) is 11.8 Å². The quantitative estimate of drug-likeness (QED) is 0.247. The highest BCUT2D eigenvalue weighted by molar-refractivity contribution is 6.80. The Kier molecular flexibility index (Phi) is 10.4. The number of hydrogen-bond acceptors (Lipinski definition) is 3. The molecule has 170 valence electrons. The monoisotopic (exact) mass is 426 g/mol. The standard InChI is InChI=1S/C24H46O4Si/c1-8-9-10-11-12-13-17-24(6,7)29(18(2)3,19(4)5)28-23(27)21-16-14-15-20(21)22(25)26/h18-21H,8-17H2,1-7H3,(H,25,26). The number of carbonyl (C=O) groups is 2. The minimum atomic E-state index is -2.49. The summed E-state index contributed by atoms with van der Waals surface area (Å²) in [5, 5.41) is 9.48. The molecular formula is C24H46O4Si. The Morgan fingerprint density at radius 3 is 2.00 bits per heavy atom. The molecule has 1 aliphatic rings. The topological polar surface area (TPSA) is 63.6 Å². The van der Waals surface area contributed by atoms with Crippen LogP contribution in [0, 0.1) is 11.8 Å². The second-order valence-electron chi connectivity index (χ2n) is 10.4. The summed E-state index contributed by atoms with van der Waals surface area (Å²) in [7, 11) is -2.49. The van der Waals surface area contributed by atoms with Crippen molar-refractivity contribution in [1.29, 1.82) is 0 Å². The first kappa shape index (κ1) is 26.2. The van der Waals surface area contributed by atoms with Crippen LogP contribution in [0.2, 0.25) is 16.1 Å². The first-order valence-electron chi connectivity index (χ1n) is 12.0. The van der Waals surface area contributed by atoms with E-state index in [0.29, 0.717) is 23.9 Å². The van der Waals surface area contributed by atoms with Crippen molar-refractivity contribution >= 4 is 20.3 Å². The largest absolute Gasteiger partial charge is 0.518 e. The van der Waals surface area contributed by atoms with Crippen LogP contribution in [-0.4, -0.2) is 25.4 Å². The molecule has 29 heavy (non-hydrogen) atoms. The summed E-state index contributed by atoms with van der Waals surface area (Å²) in [6.45, 7) is 15.6. The summed E-state index contributed by atoms with van der Waals surface area (Å²) in [5.74, 6) is -2.13. The lowest BCUT2D eigenvalue weighted by atomic mass is 9.97. The van der Waals surface area contributed by atoms with Crippen molar-refractivity contribution in [2.75, 3.05) is 0 Å². The van der Waals surface area contributed by atoms with Crippen LogP contribution < -0.4 is 0 Å². The van der Waals surface area contributed by atoms with E-state index >= 15 is 0 Å². The third-order valence-corrected chi connectivity index (χ3v) is 13.7. The van der Waals surface area contributed by atoms with Crippen LogP contribution in [0.15, 0.2) is 0 Å². The Hall–Kier alpha value is -0.843. The maximum absolute atomic E-state index is 13.2. The van der Waals surface area contributed by atoms with Crippen molar-refractivity contribution in [2.45, 2.75) is 129 Å². The lowest BCUT2D eigenvalue weighted by Crippen LogP contribution is -2.55. The lowest BCUT2D eigenvalue weighted by molar-refractivity contribution is -0.151. The third kappa shape index (κ3) is 6.32. The zero-order valence-corrected chi connectivity index (χ0v) is 21.1. The molecule has 1 saturated carbocycles. The molecule has 1 N–H and O–H groups in total. The Balaban J connectivity index is 2.97. The molecule has 1 fully saturated rings. The highest BCUT2D eigenvalue weighted by Crippen LogP contribution is 2.54. The third-order valence-electron chi connectivity index (χ3n) is 7.33. The second kappa shape index (κ2) is 11.5. The fourth-order valence-electron chi connectivity index (χ4n) is 5.93. The Morgan fingerprint density at radius 2 is 1.48 bits per heavy atom. The van der Waals surface area contributed by atoms with E-state index in [-0.39, 0.29) is 11.0 Å². The van der Waals surface area contributed by atoms with Crippen LogP contribution in [0.4, 0.5) is 0 Å². The van der Waals surface area contributed by atoms with Crippen LogP contribution in [0.25, 0.3) is 0 Å². The van der Waals surface area contributed by atoms with E-state index in [1.165, 1.54) is 38.5 Å². The number of rotatable bonds is 13. The summed E-state index contributed by atoms with van der Waals surface area (Å²) >= 11 is 0. The van der Waals surface area contributed by atoms with Gasteiger partial charge in [-0.2, -0.15) is 0 Å². The van der Waals surface area contributed by atoms with Crippen molar-refractivity contribution in [3.05, 3.63) is 0 Å². The van der Waals surface area contributed by atoms with E-state index in [2.05, 4.69) is 48.5 Å². The average molecular weight is 427 g/mol. The first-order chi connectivity index (χ1) is 13.5. The molecule has 5 heteroatoms. The number of carbonyl (C=O) groups excluding carboxylic acids is 1. The molecule has 2 unspecified atom stereocenters. The Labute approximate surface area is 180 Å². The summed E-state index contributed by atoms with van der Waals surface area (Å²) in [6, 6.07) is 0. The summed E-state index contributed by atoms with van der Waals surface area (Å²) in [5.41, 5.74) is 0.595. The zero-order valence-electron chi connectivity index (χ0n) is 20.1. The van der Waals surface area contributed by atoms with Crippen LogP contribution >= 0.6 is 0 Å². The molecule has 0 radical (unpaired) electrons. The number of carboxylic acids is 1. The second-order valence-corrected chi connectivity index (χ2v) is 15.9. The molecule has 0 heterocycles. The number of hydrogen-bond donors (Lipinski definition) is 1. The minimum Gasteiger partial charge on any atom is -0.518 e. The van der Waals surface area contributed by atoms with Crippen LogP contribution in [0.5, 0.6) is 0 Å². The van der Waals surface area contributed by atoms with E-state index < -0.39 is 26.1 Å². The number of unbranched alkanes of at least 4 members (excludes halogenated alkanes) is 5. The van der Waals surface area contributed by atoms with Gasteiger partial charge in [0.15, 0.2) is 0 Å². The SMILES string of the molecule is CCCCCCCCC(C)(C)[Si](OC(=O)C1CCCC1C(=O)O)(C(C)C)C(C)C. The van der Waals surface area contributed by atoms with Crippen LogP contribution in [0.3, 0.4) is 0 Å². The molecule has 0 bridgehead atoms. The van der Waals surface area contributed by atoms with E-state index in [0.717, 1.165) is 12.8 Å². The molecule has 0 amide bonds. The molecule has 0 saturated heterocycles. The summed E-state index contributed by atoms with van der Waals surface area (Å²) in [6.07, 6.45) is 10.7. The molecule has 4 nitrogen and oxygen atoms in total. The van der Waals surface area contributed by atoms with Gasteiger partial charge in [-0.1, -0.05) is 93.4 Å². The molecular weight excluding hydrogens is 380 g/mol. The van der Waals surface area contributed by atoms with Crippen molar-refractivity contribution in [3.63, 3.8) is 0 Å². The van der Waals surface area contributed by atoms with Gasteiger partial charge in [0.2, 0.25) is 0 Å². The fourth-order valence-corrected chi connectivity index (χ4v) is 12.2. The summed E-state index contributed by atoms with van der Waals surface area (Å²) < 4.78 is 6.52. The van der Waals surface area contributed by atoms with Crippen molar-refractivity contribution in [3.8, 4) is 0 Å². The van der Waals surface area contributed by atoms with Gasteiger partial charge in [-0.25, -0.2) is 0 Å². The lowest BCUT2D eigenvalue weighted by Gasteiger charge is -2.49. The highest BCUT2D eigenvalue weighted by Gasteiger charge is 2.57. The molecule has 0 aromatic rings. The van der Waals surface area contributed by atoms with Gasteiger partial charge in [-0.05, 0) is 35.4 Å². The molecule has 0 aromatic carbocycles. The van der Waals surface area contributed by atoms with Gasteiger partial charge in [-0.15, -0.1) is 0 Å². The molecule has 2 atom stereocenters. The van der Waals surface area contributed by atoms with E-state index in [1.54, 1.807) is 0 Å². The van der Waals surface area contributed by atoms with Gasteiger partial charge in [0.1, 0.15) is 0 Å². The smallest absolute Gasteiger partial charge is 0.307 e. The van der Waals surface area contributed by atoms with Crippen LogP contribution in [-0.2, 0) is 14.0 Å². The maximum atomic E-state index is 13.2. The summed E-state index contributed by atoms with van der Waals surface area (Å²) in [4.78, 5) is 24.8. The molecule has 0 aliphatic heterocycles. The van der Waals surface area contributed by atoms with Gasteiger partial charge in [0.25, 0.3) is 14.3 Å². The predicted octanol–water partition coefficient (Wildman–Crippen LogP) is 7.33. The van der Waals surface area contributed by atoms with Gasteiger partial charge >= 0.3 is 5.97 Å². The minimum absolute atomic E-state index is 0.0346. The number of aliphatic carboxylic acids is 1. The highest BCUT2D eigenvalue weighted by atomic mass is 28.4. The van der Waals surface area contributed by atoms with Crippen molar-refractivity contribution < 1.29 is 19.1 Å². The normalized spacial score (nSPS) is 20.4. The molecule has 1 rings (SSSR count). The Bertz CT molecular complexity index is 519. The maximum Gasteiger partial charge on any atom is 0.307 e. The molecule has 0 aromatic heterocycles. The van der Waals surface area contributed by atoms with Crippen molar-refractivity contribution in [2.24, 2.45) is 11.8 Å². The molecule has 0 spiro atoms. The van der Waals surface area contributed by atoms with Gasteiger partial charge in [0, 0.05) is 0 Å². The zero-order chi connectivity index (χ0) is 22.2. The Morgan fingerprint density at radius 1 is 0.966 bits per heavy atom. The average Bonchev–Trinajstić information content (AvgIpc) is 3.11. The van der Waals surface area contributed by atoms with E-state index in [9.17, 15) is 14.7 Å². The van der Waals surface area contributed by atoms with E-state index in [4.69, 9.17) is 4.43 Å². The fraction of sp³-hybridized carbons (Fsp3) is 0.917. The first-order valence-corrected chi connectivity index (χ1v) is 14.0. The predicted molar refractivity (Wildman–Crippen MR) is 123 cm³/mol. The van der Waals surface area contributed by atoms with E-state index in [1.807, 2.05) is 0 Å².